The van der Waals surface area contributed by atoms with Crippen LogP contribution < -0.4 is 10.1 Å². The Hall–Kier alpha value is -1.78. The second-order valence-corrected chi connectivity index (χ2v) is 3.90. The van der Waals surface area contributed by atoms with Gasteiger partial charge in [-0.2, -0.15) is 0 Å². The topological polar surface area (TPSA) is 47.6 Å². The zero-order valence-electron chi connectivity index (χ0n) is 10.8. The summed E-state index contributed by atoms with van der Waals surface area (Å²) in [5.74, 6) is -0.518. The minimum atomic E-state index is -0.439. The summed E-state index contributed by atoms with van der Waals surface area (Å²) in [5, 5.41) is 3.03. The van der Waals surface area contributed by atoms with Crippen LogP contribution in [0.2, 0.25) is 0 Å². The Morgan fingerprint density at radius 2 is 2.22 bits per heavy atom. The summed E-state index contributed by atoms with van der Waals surface area (Å²) in [6, 6.07) is 4.44. The highest BCUT2D eigenvalue weighted by Crippen LogP contribution is 2.21. The van der Waals surface area contributed by atoms with Crippen molar-refractivity contribution in [3.8, 4) is 5.75 Å². The molecule has 1 rings (SSSR count). The van der Waals surface area contributed by atoms with E-state index in [-0.39, 0.29) is 24.2 Å². The molecule has 0 amide bonds. The van der Waals surface area contributed by atoms with Crippen molar-refractivity contribution in [2.75, 3.05) is 19.0 Å². The highest BCUT2D eigenvalue weighted by Gasteiger charge is 2.10. The molecule has 0 saturated carbocycles. The molecule has 100 valence electrons. The Morgan fingerprint density at radius 1 is 1.50 bits per heavy atom. The lowest BCUT2D eigenvalue weighted by Gasteiger charge is -2.15. The number of anilines is 1. The largest absolute Gasteiger partial charge is 0.494 e. The van der Waals surface area contributed by atoms with Gasteiger partial charge in [0.25, 0.3) is 0 Å². The van der Waals surface area contributed by atoms with E-state index < -0.39 is 5.82 Å². The maximum atomic E-state index is 13.4. The zero-order valence-corrected chi connectivity index (χ0v) is 10.8. The van der Waals surface area contributed by atoms with Gasteiger partial charge in [0.05, 0.1) is 20.1 Å². The molecular weight excluding hydrogens is 237 g/mol. The number of benzene rings is 1. The van der Waals surface area contributed by atoms with Gasteiger partial charge in [-0.25, -0.2) is 4.39 Å². The van der Waals surface area contributed by atoms with Crippen LogP contribution in [0.25, 0.3) is 0 Å². The predicted molar refractivity (Wildman–Crippen MR) is 67.3 cm³/mol. The standard InChI is InChI=1S/C13H18FNO3/c1-4-18-13(16)7-9(2)15-10-5-6-12(17-3)11(14)8-10/h5-6,8-9,15H,4,7H2,1-3H3. The van der Waals surface area contributed by atoms with Crippen molar-refractivity contribution < 1.29 is 18.7 Å². The van der Waals surface area contributed by atoms with Crippen LogP contribution in [0, 0.1) is 5.82 Å². The van der Waals surface area contributed by atoms with Gasteiger partial charge in [-0.05, 0) is 26.0 Å². The molecule has 0 aromatic heterocycles. The predicted octanol–water partition coefficient (Wildman–Crippen LogP) is 2.59. The van der Waals surface area contributed by atoms with Crippen LogP contribution in [0.3, 0.4) is 0 Å². The normalized spacial score (nSPS) is 11.8. The maximum Gasteiger partial charge on any atom is 0.307 e. The fraction of sp³-hybridized carbons (Fsp3) is 0.462. The summed E-state index contributed by atoms with van der Waals surface area (Å²) >= 11 is 0. The van der Waals surface area contributed by atoms with Gasteiger partial charge in [0.15, 0.2) is 11.6 Å². The lowest BCUT2D eigenvalue weighted by Crippen LogP contribution is -2.21. The van der Waals surface area contributed by atoms with Crippen LogP contribution in [0.5, 0.6) is 5.75 Å². The van der Waals surface area contributed by atoms with Crippen molar-refractivity contribution in [1.82, 2.24) is 0 Å². The summed E-state index contributed by atoms with van der Waals surface area (Å²) in [6.45, 7) is 3.95. The van der Waals surface area contributed by atoms with Crippen molar-refractivity contribution in [2.45, 2.75) is 26.3 Å². The molecule has 1 unspecified atom stereocenters. The van der Waals surface area contributed by atoms with Crippen molar-refractivity contribution in [3.05, 3.63) is 24.0 Å². The second-order valence-electron chi connectivity index (χ2n) is 3.90. The summed E-state index contributed by atoms with van der Waals surface area (Å²) in [6.07, 6.45) is 0.238. The van der Waals surface area contributed by atoms with E-state index in [0.29, 0.717) is 12.3 Å². The Labute approximate surface area is 106 Å². The van der Waals surface area contributed by atoms with E-state index in [4.69, 9.17) is 9.47 Å². The summed E-state index contributed by atoms with van der Waals surface area (Å²) in [4.78, 5) is 11.3. The van der Waals surface area contributed by atoms with Crippen molar-refractivity contribution in [1.29, 1.82) is 0 Å². The SMILES string of the molecule is CCOC(=O)CC(C)Nc1ccc(OC)c(F)c1. The molecule has 18 heavy (non-hydrogen) atoms. The molecule has 1 N–H and O–H groups in total. The Kier molecular flexibility index (Phi) is 5.42. The molecule has 5 heteroatoms. The number of halogens is 1. The van der Waals surface area contributed by atoms with E-state index >= 15 is 0 Å². The molecule has 0 saturated heterocycles. The van der Waals surface area contributed by atoms with Crippen molar-refractivity contribution in [2.24, 2.45) is 0 Å². The van der Waals surface area contributed by atoms with Gasteiger partial charge >= 0.3 is 5.97 Å². The molecule has 1 aromatic rings. The molecule has 0 heterocycles. The number of carbonyl (C=O) groups excluding carboxylic acids is 1. The van der Waals surface area contributed by atoms with Crippen molar-refractivity contribution in [3.63, 3.8) is 0 Å². The highest BCUT2D eigenvalue weighted by molar-refractivity contribution is 5.70. The van der Waals surface area contributed by atoms with Crippen LogP contribution in [0.4, 0.5) is 10.1 Å². The van der Waals surface area contributed by atoms with Gasteiger partial charge < -0.3 is 14.8 Å². The minimum Gasteiger partial charge on any atom is -0.494 e. The Morgan fingerprint density at radius 3 is 2.78 bits per heavy atom. The van der Waals surface area contributed by atoms with E-state index in [1.165, 1.54) is 19.2 Å². The molecule has 1 atom stereocenters. The lowest BCUT2D eigenvalue weighted by molar-refractivity contribution is -0.143. The quantitative estimate of drug-likeness (QED) is 0.794. The van der Waals surface area contributed by atoms with E-state index in [2.05, 4.69) is 5.32 Å². The third-order valence-corrected chi connectivity index (χ3v) is 2.34. The van der Waals surface area contributed by atoms with Gasteiger partial charge in [-0.15, -0.1) is 0 Å². The minimum absolute atomic E-state index is 0.128. The third kappa shape index (κ3) is 4.24. The van der Waals surface area contributed by atoms with E-state index in [9.17, 15) is 9.18 Å². The van der Waals surface area contributed by atoms with Crippen LogP contribution in [-0.2, 0) is 9.53 Å². The zero-order chi connectivity index (χ0) is 13.5. The van der Waals surface area contributed by atoms with Gasteiger partial charge in [-0.1, -0.05) is 0 Å². The number of esters is 1. The average Bonchev–Trinajstić information content (AvgIpc) is 2.29. The van der Waals surface area contributed by atoms with Gasteiger partial charge in [0, 0.05) is 17.8 Å². The Bertz CT molecular complexity index is 409. The van der Waals surface area contributed by atoms with Crippen LogP contribution >= 0.6 is 0 Å². The van der Waals surface area contributed by atoms with E-state index in [1.54, 1.807) is 13.0 Å². The summed E-state index contributed by atoms with van der Waals surface area (Å²) < 4.78 is 23.1. The summed E-state index contributed by atoms with van der Waals surface area (Å²) in [7, 11) is 1.41. The number of ether oxygens (including phenoxy) is 2. The molecule has 0 bridgehead atoms. The lowest BCUT2D eigenvalue weighted by atomic mass is 10.2. The second kappa shape index (κ2) is 6.83. The number of rotatable bonds is 6. The molecule has 0 radical (unpaired) electrons. The Balaban J connectivity index is 2.56. The molecule has 0 aliphatic heterocycles. The van der Waals surface area contributed by atoms with E-state index in [0.717, 1.165) is 0 Å². The fourth-order valence-electron chi connectivity index (χ4n) is 1.56. The van der Waals surface area contributed by atoms with Crippen LogP contribution in [0.15, 0.2) is 18.2 Å². The number of hydrogen-bond acceptors (Lipinski definition) is 4. The molecule has 0 fully saturated rings. The van der Waals surface area contributed by atoms with Crippen molar-refractivity contribution >= 4 is 11.7 Å². The van der Waals surface area contributed by atoms with E-state index in [1.807, 2.05) is 6.92 Å². The smallest absolute Gasteiger partial charge is 0.307 e. The van der Waals surface area contributed by atoms with Gasteiger partial charge in [0.2, 0.25) is 0 Å². The van der Waals surface area contributed by atoms with Gasteiger partial charge in [0.1, 0.15) is 0 Å². The number of nitrogens with one attached hydrogen (secondary N) is 1. The molecular formula is C13H18FNO3. The molecule has 4 nitrogen and oxygen atoms in total. The van der Waals surface area contributed by atoms with Gasteiger partial charge in [-0.3, -0.25) is 4.79 Å². The first-order valence-electron chi connectivity index (χ1n) is 5.82. The summed E-state index contributed by atoms with van der Waals surface area (Å²) in [5.41, 5.74) is 0.602. The molecule has 1 aromatic carbocycles. The molecule has 0 aliphatic rings. The molecule has 0 aliphatic carbocycles. The number of hydrogen-bond donors (Lipinski definition) is 1. The first-order valence-corrected chi connectivity index (χ1v) is 5.82. The fourth-order valence-corrected chi connectivity index (χ4v) is 1.56. The monoisotopic (exact) mass is 255 g/mol. The van der Waals surface area contributed by atoms with Crippen LogP contribution in [-0.4, -0.2) is 25.7 Å². The first kappa shape index (κ1) is 14.3. The van der Waals surface area contributed by atoms with Crippen LogP contribution in [0.1, 0.15) is 20.3 Å². The first-order chi connectivity index (χ1) is 8.56. The maximum absolute atomic E-state index is 13.4. The highest BCUT2D eigenvalue weighted by atomic mass is 19.1. The number of methoxy groups -OCH3 is 1. The third-order valence-electron chi connectivity index (χ3n) is 2.34. The average molecular weight is 255 g/mol. The number of carbonyl (C=O) groups is 1. The molecule has 0 spiro atoms.